The lowest BCUT2D eigenvalue weighted by Crippen LogP contribution is -2.42. The molecule has 0 bridgehead atoms. The quantitative estimate of drug-likeness (QED) is 0.736. The number of para-hydroxylation sites is 1. The summed E-state index contributed by atoms with van der Waals surface area (Å²) in [5.74, 6) is 0.0775. The van der Waals surface area contributed by atoms with Gasteiger partial charge in [-0.25, -0.2) is 13.1 Å². The highest BCUT2D eigenvalue weighted by molar-refractivity contribution is 7.89. The summed E-state index contributed by atoms with van der Waals surface area (Å²) in [6, 6.07) is 8.43. The van der Waals surface area contributed by atoms with Gasteiger partial charge in [0.05, 0.1) is 24.5 Å². The van der Waals surface area contributed by atoms with Crippen molar-refractivity contribution in [1.29, 1.82) is 0 Å². The minimum atomic E-state index is -3.72. The van der Waals surface area contributed by atoms with E-state index in [2.05, 4.69) is 19.9 Å². The van der Waals surface area contributed by atoms with Crippen LogP contribution in [0.15, 0.2) is 53.8 Å². The number of nitrogens with one attached hydrogen (secondary N) is 1. The second-order valence-electron chi connectivity index (χ2n) is 5.89. The van der Waals surface area contributed by atoms with Crippen molar-refractivity contribution in [2.75, 3.05) is 0 Å². The number of hydrogen-bond acceptors (Lipinski definition) is 5. The van der Waals surface area contributed by atoms with Crippen molar-refractivity contribution >= 4 is 20.9 Å². The van der Waals surface area contributed by atoms with Crippen molar-refractivity contribution in [3.8, 4) is 0 Å². The molecule has 24 heavy (non-hydrogen) atoms. The number of hydrogen-bond donors (Lipinski definition) is 1. The van der Waals surface area contributed by atoms with E-state index in [1.54, 1.807) is 36.8 Å². The Morgan fingerprint density at radius 3 is 2.50 bits per heavy atom. The van der Waals surface area contributed by atoms with Gasteiger partial charge in [0.1, 0.15) is 4.90 Å². The van der Waals surface area contributed by atoms with E-state index < -0.39 is 10.0 Å². The third-order valence-corrected chi connectivity index (χ3v) is 5.34. The molecule has 2 aromatic heterocycles. The van der Waals surface area contributed by atoms with Crippen molar-refractivity contribution in [2.45, 2.75) is 31.3 Å². The maximum absolute atomic E-state index is 12.9. The summed E-state index contributed by atoms with van der Waals surface area (Å²) in [6.07, 6.45) is 4.73. The van der Waals surface area contributed by atoms with Crippen LogP contribution in [0.5, 0.6) is 0 Å². The predicted molar refractivity (Wildman–Crippen MR) is 90.7 cm³/mol. The zero-order valence-electron chi connectivity index (χ0n) is 13.5. The van der Waals surface area contributed by atoms with Gasteiger partial charge in [-0.05, 0) is 18.1 Å². The molecule has 1 atom stereocenters. The van der Waals surface area contributed by atoms with Crippen LogP contribution in [0.4, 0.5) is 0 Å². The van der Waals surface area contributed by atoms with Crippen LogP contribution in [0.1, 0.15) is 13.8 Å². The van der Waals surface area contributed by atoms with E-state index in [9.17, 15) is 8.42 Å². The molecule has 0 saturated heterocycles. The normalized spacial score (nSPS) is 13.5. The summed E-state index contributed by atoms with van der Waals surface area (Å²) in [4.78, 5) is 5.89. The Hall–Kier alpha value is -2.32. The molecule has 3 rings (SSSR count). The molecule has 0 aliphatic heterocycles. The van der Waals surface area contributed by atoms with Gasteiger partial charge < -0.3 is 0 Å². The molecule has 0 spiro atoms. The highest BCUT2D eigenvalue weighted by Gasteiger charge is 2.25. The summed E-state index contributed by atoms with van der Waals surface area (Å²) < 4.78 is 28.5. The van der Waals surface area contributed by atoms with Crippen molar-refractivity contribution in [3.63, 3.8) is 0 Å². The van der Waals surface area contributed by atoms with Gasteiger partial charge in [0, 0.05) is 17.6 Å². The summed E-state index contributed by atoms with van der Waals surface area (Å²) in [6.45, 7) is 4.28. The van der Waals surface area contributed by atoms with Gasteiger partial charge in [0.15, 0.2) is 0 Å². The van der Waals surface area contributed by atoms with Gasteiger partial charge in [0.25, 0.3) is 0 Å². The Kier molecular flexibility index (Phi) is 4.59. The number of rotatable bonds is 6. The molecule has 0 aliphatic carbocycles. The first-order valence-electron chi connectivity index (χ1n) is 7.67. The first-order chi connectivity index (χ1) is 11.5. The number of nitrogens with zero attached hydrogens (tertiary/aromatic N) is 4. The third kappa shape index (κ3) is 3.44. The molecule has 0 aliphatic rings. The molecular formula is C16H19N5O2S. The second kappa shape index (κ2) is 6.66. The number of sulfonamides is 1. The van der Waals surface area contributed by atoms with Crippen LogP contribution in [0.2, 0.25) is 0 Å². The first-order valence-corrected chi connectivity index (χ1v) is 9.16. The van der Waals surface area contributed by atoms with Gasteiger partial charge in [-0.2, -0.15) is 15.0 Å². The van der Waals surface area contributed by atoms with E-state index >= 15 is 0 Å². The lowest BCUT2D eigenvalue weighted by atomic mass is 10.1. The standard InChI is InChI=1S/C16H19N5O2S/c1-12(2)14(11-21-18-9-10-19-21)20-24(22,23)15-7-3-5-13-6-4-8-17-16(13)15/h3-10,12,14,20H,11H2,1-2H3. The Labute approximate surface area is 140 Å². The van der Waals surface area contributed by atoms with E-state index in [-0.39, 0.29) is 16.9 Å². The lowest BCUT2D eigenvalue weighted by Gasteiger charge is -2.22. The lowest BCUT2D eigenvalue weighted by molar-refractivity contribution is 0.361. The van der Waals surface area contributed by atoms with Gasteiger partial charge >= 0.3 is 0 Å². The third-order valence-electron chi connectivity index (χ3n) is 3.82. The maximum atomic E-state index is 12.9. The van der Waals surface area contributed by atoms with E-state index in [1.165, 1.54) is 4.80 Å². The number of fused-ring (bicyclic) bond motifs is 1. The fourth-order valence-corrected chi connectivity index (χ4v) is 4.01. The fraction of sp³-hybridized carbons (Fsp3) is 0.312. The van der Waals surface area contributed by atoms with E-state index in [4.69, 9.17) is 0 Å². The zero-order chi connectivity index (χ0) is 17.2. The molecule has 0 saturated carbocycles. The molecule has 1 aromatic carbocycles. The van der Waals surface area contributed by atoms with E-state index in [1.807, 2.05) is 26.0 Å². The van der Waals surface area contributed by atoms with Gasteiger partial charge in [-0.15, -0.1) is 0 Å². The van der Waals surface area contributed by atoms with E-state index in [0.717, 1.165) is 5.39 Å². The molecule has 3 aromatic rings. The Morgan fingerprint density at radius 1 is 1.08 bits per heavy atom. The second-order valence-corrected chi connectivity index (χ2v) is 7.57. The summed E-state index contributed by atoms with van der Waals surface area (Å²) in [5.41, 5.74) is 0.465. The van der Waals surface area contributed by atoms with Gasteiger partial charge in [0.2, 0.25) is 10.0 Å². The van der Waals surface area contributed by atoms with Crippen molar-refractivity contribution in [2.24, 2.45) is 5.92 Å². The van der Waals surface area contributed by atoms with Crippen molar-refractivity contribution in [3.05, 3.63) is 48.9 Å². The summed E-state index contributed by atoms with van der Waals surface area (Å²) in [7, 11) is -3.72. The zero-order valence-corrected chi connectivity index (χ0v) is 14.3. The smallest absolute Gasteiger partial charge is 0.243 e. The minimum Gasteiger partial charge on any atom is -0.255 e. The fourth-order valence-electron chi connectivity index (χ4n) is 2.45. The molecule has 0 fully saturated rings. The molecule has 1 unspecified atom stereocenters. The molecule has 2 heterocycles. The van der Waals surface area contributed by atoms with Crippen LogP contribution >= 0.6 is 0 Å². The topological polar surface area (TPSA) is 89.8 Å². The Bertz CT molecular complexity index is 917. The van der Waals surface area contributed by atoms with Crippen molar-refractivity contribution in [1.82, 2.24) is 24.7 Å². The molecule has 8 heteroatoms. The average Bonchev–Trinajstić information content (AvgIpc) is 3.06. The summed E-state index contributed by atoms with van der Waals surface area (Å²) in [5, 5.41) is 8.89. The summed E-state index contributed by atoms with van der Waals surface area (Å²) >= 11 is 0. The molecular weight excluding hydrogens is 326 g/mol. The van der Waals surface area contributed by atoms with Crippen LogP contribution in [0, 0.1) is 5.92 Å². The van der Waals surface area contributed by atoms with Crippen LogP contribution in [-0.2, 0) is 16.6 Å². The number of pyridine rings is 1. The molecule has 7 nitrogen and oxygen atoms in total. The van der Waals surface area contributed by atoms with Crippen LogP contribution < -0.4 is 4.72 Å². The molecule has 1 N–H and O–H groups in total. The molecule has 0 amide bonds. The molecule has 126 valence electrons. The SMILES string of the molecule is CC(C)C(Cn1nccn1)NS(=O)(=O)c1cccc2cccnc12. The molecule has 0 radical (unpaired) electrons. The monoisotopic (exact) mass is 345 g/mol. The highest BCUT2D eigenvalue weighted by Crippen LogP contribution is 2.21. The number of aromatic nitrogens is 4. The Morgan fingerprint density at radius 2 is 1.79 bits per heavy atom. The number of benzene rings is 1. The Balaban J connectivity index is 1.93. The van der Waals surface area contributed by atoms with Crippen LogP contribution in [-0.4, -0.2) is 34.4 Å². The van der Waals surface area contributed by atoms with Gasteiger partial charge in [-0.3, -0.25) is 4.98 Å². The van der Waals surface area contributed by atoms with Crippen LogP contribution in [0.3, 0.4) is 0 Å². The minimum absolute atomic E-state index is 0.0775. The average molecular weight is 345 g/mol. The first kappa shape index (κ1) is 16.5. The van der Waals surface area contributed by atoms with E-state index in [0.29, 0.717) is 12.1 Å². The van der Waals surface area contributed by atoms with Gasteiger partial charge in [-0.1, -0.05) is 32.0 Å². The maximum Gasteiger partial charge on any atom is 0.243 e. The van der Waals surface area contributed by atoms with Crippen molar-refractivity contribution < 1.29 is 8.42 Å². The van der Waals surface area contributed by atoms with Crippen LogP contribution in [0.25, 0.3) is 10.9 Å². The predicted octanol–water partition coefficient (Wildman–Crippen LogP) is 1.83. The largest absolute Gasteiger partial charge is 0.255 e. The highest BCUT2D eigenvalue weighted by atomic mass is 32.2.